The number of aromatic nitrogens is 1. The van der Waals surface area contributed by atoms with Crippen LogP contribution in [0.1, 0.15) is 11.6 Å². The number of nitrogens with zero attached hydrogens (tertiary/aromatic N) is 1. The lowest BCUT2D eigenvalue weighted by Crippen LogP contribution is -2.15. The molecule has 0 radical (unpaired) electrons. The number of halogens is 3. The van der Waals surface area contributed by atoms with Crippen LogP contribution in [0.3, 0.4) is 0 Å². The van der Waals surface area contributed by atoms with E-state index in [4.69, 9.17) is 34.0 Å². The fraction of sp³-hybridized carbons (Fsp3) is 0.286. The smallest absolute Gasteiger partial charge is 0.0652 e. The van der Waals surface area contributed by atoms with E-state index in [0.29, 0.717) is 15.6 Å². The predicted octanol–water partition coefficient (Wildman–Crippen LogP) is 1.80. The molecule has 6 heteroatoms. The fourth-order valence-corrected chi connectivity index (χ4v) is 1.51. The van der Waals surface area contributed by atoms with Crippen molar-refractivity contribution in [1.82, 2.24) is 4.98 Å². The summed E-state index contributed by atoms with van der Waals surface area (Å²) in [6.07, 6.45) is 2.89. The Balaban J connectivity index is 0.00000144. The summed E-state index contributed by atoms with van der Waals surface area (Å²) in [5.74, 6) is 0. The lowest BCUT2D eigenvalue weighted by atomic mass is 10.1. The minimum atomic E-state index is -0.548. The number of hydrogen-bond acceptors (Lipinski definition) is 3. The highest BCUT2D eigenvalue weighted by Gasteiger charge is 2.12. The van der Waals surface area contributed by atoms with E-state index < -0.39 is 6.04 Å². The summed E-state index contributed by atoms with van der Waals surface area (Å²) in [5, 5.41) is 9.53. The molecule has 1 atom stereocenters. The molecule has 3 nitrogen and oxygen atoms in total. The maximum Gasteiger partial charge on any atom is 0.0652 e. The maximum atomic E-state index is 8.77. The Morgan fingerprint density at radius 2 is 1.85 bits per heavy atom. The molecule has 0 aromatic carbocycles. The highest BCUT2D eigenvalue weighted by molar-refractivity contribution is 6.35. The van der Waals surface area contributed by atoms with Crippen molar-refractivity contribution in [2.24, 2.45) is 5.73 Å². The van der Waals surface area contributed by atoms with Crippen LogP contribution in [0.15, 0.2) is 12.4 Å². The van der Waals surface area contributed by atoms with Crippen molar-refractivity contribution in [3.8, 4) is 0 Å². The lowest BCUT2D eigenvalue weighted by molar-refractivity contribution is 0.268. The van der Waals surface area contributed by atoms with Gasteiger partial charge in [-0.05, 0) is 0 Å². The van der Waals surface area contributed by atoms with Crippen molar-refractivity contribution in [3.05, 3.63) is 28.0 Å². The molecule has 0 spiro atoms. The van der Waals surface area contributed by atoms with Gasteiger partial charge in [-0.3, -0.25) is 4.98 Å². The SMILES string of the molecule is Cl.N[C@H](CO)c1c(Cl)cncc1Cl. The number of pyridine rings is 1. The molecule has 0 amide bonds. The van der Waals surface area contributed by atoms with Crippen LogP contribution < -0.4 is 5.73 Å². The van der Waals surface area contributed by atoms with Gasteiger partial charge in [-0.1, -0.05) is 23.2 Å². The van der Waals surface area contributed by atoms with Gasteiger partial charge in [0.1, 0.15) is 0 Å². The van der Waals surface area contributed by atoms with E-state index >= 15 is 0 Å². The Labute approximate surface area is 92.3 Å². The van der Waals surface area contributed by atoms with E-state index in [-0.39, 0.29) is 19.0 Å². The van der Waals surface area contributed by atoms with Crippen molar-refractivity contribution in [3.63, 3.8) is 0 Å². The van der Waals surface area contributed by atoms with E-state index in [1.54, 1.807) is 0 Å². The van der Waals surface area contributed by atoms with Gasteiger partial charge in [-0.25, -0.2) is 0 Å². The number of hydrogen-bond donors (Lipinski definition) is 2. The third-order valence-corrected chi connectivity index (χ3v) is 2.06. The van der Waals surface area contributed by atoms with Crippen LogP contribution in [0.25, 0.3) is 0 Å². The van der Waals surface area contributed by atoms with Crippen LogP contribution in [0.4, 0.5) is 0 Å². The van der Waals surface area contributed by atoms with Crippen LogP contribution in [0.5, 0.6) is 0 Å². The standard InChI is InChI=1S/C7H8Cl2N2O.ClH/c8-4-1-11-2-5(9)7(4)6(10)3-12;/h1-2,6,12H,3,10H2;1H/t6-;/m1./s1. The molecule has 0 aliphatic heterocycles. The monoisotopic (exact) mass is 242 g/mol. The first-order valence-electron chi connectivity index (χ1n) is 3.32. The van der Waals surface area contributed by atoms with Crippen molar-refractivity contribution in [2.75, 3.05) is 6.61 Å². The highest BCUT2D eigenvalue weighted by atomic mass is 35.5. The molecular formula is C7H9Cl3N2O. The van der Waals surface area contributed by atoms with E-state index in [9.17, 15) is 0 Å². The Hall–Kier alpha value is -0.0600. The van der Waals surface area contributed by atoms with E-state index in [1.165, 1.54) is 12.4 Å². The van der Waals surface area contributed by atoms with E-state index in [1.807, 2.05) is 0 Å². The second-order valence-electron chi connectivity index (χ2n) is 2.31. The topological polar surface area (TPSA) is 59.1 Å². The average Bonchev–Trinajstić information content (AvgIpc) is 2.03. The summed E-state index contributed by atoms with van der Waals surface area (Å²) in [6, 6.07) is -0.548. The van der Waals surface area contributed by atoms with Gasteiger partial charge in [0.2, 0.25) is 0 Å². The van der Waals surface area contributed by atoms with E-state index in [2.05, 4.69) is 4.98 Å². The van der Waals surface area contributed by atoms with Crippen LogP contribution in [0.2, 0.25) is 10.0 Å². The molecule has 1 heterocycles. The molecular weight excluding hydrogens is 234 g/mol. The summed E-state index contributed by atoms with van der Waals surface area (Å²) in [7, 11) is 0. The first-order chi connectivity index (χ1) is 5.66. The summed E-state index contributed by atoms with van der Waals surface area (Å²) in [4.78, 5) is 3.76. The Morgan fingerprint density at radius 3 is 2.23 bits per heavy atom. The number of aliphatic hydroxyl groups is 1. The molecule has 0 fully saturated rings. The molecule has 0 saturated heterocycles. The summed E-state index contributed by atoms with van der Waals surface area (Å²) in [6.45, 7) is -0.191. The molecule has 3 N–H and O–H groups in total. The molecule has 1 aromatic heterocycles. The quantitative estimate of drug-likeness (QED) is 0.833. The molecule has 0 aliphatic carbocycles. The molecule has 0 unspecified atom stereocenters. The number of nitrogens with two attached hydrogens (primary N) is 1. The zero-order valence-electron chi connectivity index (χ0n) is 6.58. The normalized spacial score (nSPS) is 12.0. The molecule has 13 heavy (non-hydrogen) atoms. The van der Waals surface area contributed by atoms with Gasteiger partial charge >= 0.3 is 0 Å². The van der Waals surface area contributed by atoms with Crippen molar-refractivity contribution < 1.29 is 5.11 Å². The first-order valence-corrected chi connectivity index (χ1v) is 4.07. The Bertz CT molecular complexity index is 262. The lowest BCUT2D eigenvalue weighted by Gasteiger charge is -2.11. The second kappa shape index (κ2) is 5.62. The van der Waals surface area contributed by atoms with Gasteiger partial charge in [0.25, 0.3) is 0 Å². The van der Waals surface area contributed by atoms with E-state index in [0.717, 1.165) is 0 Å². The minimum absolute atomic E-state index is 0. The molecule has 1 rings (SSSR count). The Kier molecular flexibility index (Phi) is 5.60. The molecule has 0 saturated carbocycles. The van der Waals surface area contributed by atoms with Crippen molar-refractivity contribution >= 4 is 35.6 Å². The van der Waals surface area contributed by atoms with Crippen LogP contribution in [-0.2, 0) is 0 Å². The van der Waals surface area contributed by atoms with Crippen LogP contribution in [0, 0.1) is 0 Å². The van der Waals surface area contributed by atoms with Gasteiger partial charge in [0.05, 0.1) is 22.7 Å². The van der Waals surface area contributed by atoms with Gasteiger partial charge in [0, 0.05) is 18.0 Å². The second-order valence-corrected chi connectivity index (χ2v) is 3.12. The third-order valence-electron chi connectivity index (χ3n) is 1.46. The summed E-state index contributed by atoms with van der Waals surface area (Å²) < 4.78 is 0. The van der Waals surface area contributed by atoms with Gasteiger partial charge in [-0.2, -0.15) is 0 Å². The molecule has 0 aliphatic rings. The molecule has 0 bridgehead atoms. The largest absolute Gasteiger partial charge is 0.394 e. The minimum Gasteiger partial charge on any atom is -0.394 e. The Morgan fingerprint density at radius 1 is 1.38 bits per heavy atom. The van der Waals surface area contributed by atoms with Crippen molar-refractivity contribution in [1.29, 1.82) is 0 Å². The van der Waals surface area contributed by atoms with Gasteiger partial charge in [0.15, 0.2) is 0 Å². The summed E-state index contributed by atoms with van der Waals surface area (Å²) in [5.41, 5.74) is 6.09. The van der Waals surface area contributed by atoms with Gasteiger partial charge in [-0.15, -0.1) is 12.4 Å². The molecule has 1 aromatic rings. The third kappa shape index (κ3) is 2.97. The zero-order chi connectivity index (χ0) is 9.14. The molecule has 74 valence electrons. The van der Waals surface area contributed by atoms with Crippen molar-refractivity contribution in [2.45, 2.75) is 6.04 Å². The zero-order valence-corrected chi connectivity index (χ0v) is 8.90. The van der Waals surface area contributed by atoms with Crippen LogP contribution in [-0.4, -0.2) is 16.7 Å². The predicted molar refractivity (Wildman–Crippen MR) is 55.5 cm³/mol. The van der Waals surface area contributed by atoms with Crippen LogP contribution >= 0.6 is 35.6 Å². The maximum absolute atomic E-state index is 8.77. The van der Waals surface area contributed by atoms with Gasteiger partial charge < -0.3 is 10.8 Å². The number of rotatable bonds is 2. The first kappa shape index (κ1) is 12.9. The number of aliphatic hydroxyl groups excluding tert-OH is 1. The highest BCUT2D eigenvalue weighted by Crippen LogP contribution is 2.27. The summed E-state index contributed by atoms with van der Waals surface area (Å²) >= 11 is 11.5. The fourth-order valence-electron chi connectivity index (χ4n) is 0.867. The average molecular weight is 244 g/mol.